The van der Waals surface area contributed by atoms with Gasteiger partial charge in [0, 0.05) is 19.8 Å². The third-order valence-electron chi connectivity index (χ3n) is 1.39. The van der Waals surface area contributed by atoms with E-state index in [1.807, 2.05) is 0 Å². The molecule has 0 radical (unpaired) electrons. The summed E-state index contributed by atoms with van der Waals surface area (Å²) in [6.07, 6.45) is 0.737. The van der Waals surface area contributed by atoms with Gasteiger partial charge in [-0.1, -0.05) is 0 Å². The third kappa shape index (κ3) is 7.69. The molecule has 0 saturated heterocycles. The normalized spacial score (nSPS) is 13.7. The molecule has 0 aliphatic carbocycles. The highest BCUT2D eigenvalue weighted by Gasteiger charge is 2.15. The maximum absolute atomic E-state index is 10.4. The predicted molar refractivity (Wildman–Crippen MR) is 45.9 cm³/mol. The van der Waals surface area contributed by atoms with Crippen LogP contribution in [0, 0.1) is 0 Å². The van der Waals surface area contributed by atoms with E-state index < -0.39 is 21.9 Å². The summed E-state index contributed by atoms with van der Waals surface area (Å²) < 4.78 is 34.1. The summed E-state index contributed by atoms with van der Waals surface area (Å²) in [7, 11) is -2.59. The van der Waals surface area contributed by atoms with Gasteiger partial charge in [-0.25, -0.2) is 0 Å². The van der Waals surface area contributed by atoms with Gasteiger partial charge in [0.15, 0.2) is 0 Å². The molecule has 0 bridgehead atoms. The fourth-order valence-corrected chi connectivity index (χ4v) is 1.60. The first-order valence-electron chi connectivity index (χ1n) is 3.63. The van der Waals surface area contributed by atoms with Gasteiger partial charge >= 0.3 is 0 Å². The Balaban J connectivity index is 4.01. The van der Waals surface area contributed by atoms with Crippen LogP contribution >= 0.6 is 0 Å². The quantitative estimate of drug-likeness (QED) is 0.417. The Morgan fingerprint density at radius 1 is 1.62 bits per heavy atom. The van der Waals surface area contributed by atoms with Crippen molar-refractivity contribution in [2.75, 3.05) is 19.5 Å². The Labute approximate surface area is 77.0 Å². The third-order valence-corrected chi connectivity index (χ3v) is 2.21. The zero-order valence-electron chi connectivity index (χ0n) is 7.26. The molecular weight excluding hydrogens is 198 g/mol. The van der Waals surface area contributed by atoms with Crippen LogP contribution in [0.2, 0.25) is 0 Å². The average molecular weight is 211 g/mol. The number of amides is 1. The van der Waals surface area contributed by atoms with E-state index in [9.17, 15) is 13.2 Å². The van der Waals surface area contributed by atoms with Gasteiger partial charge in [0.05, 0.1) is 5.75 Å². The molecule has 0 aliphatic heterocycles. The Kier molecular flexibility index (Phi) is 5.60. The maximum atomic E-state index is 10.4. The van der Waals surface area contributed by atoms with E-state index in [2.05, 4.69) is 5.32 Å². The van der Waals surface area contributed by atoms with Gasteiger partial charge < -0.3 is 10.1 Å². The Hall–Kier alpha value is -0.660. The highest BCUT2D eigenvalue weighted by molar-refractivity contribution is 7.85. The lowest BCUT2D eigenvalue weighted by atomic mass is 10.2. The van der Waals surface area contributed by atoms with Crippen LogP contribution in [0.3, 0.4) is 0 Å². The van der Waals surface area contributed by atoms with E-state index in [1.54, 1.807) is 0 Å². The number of rotatable bonds is 7. The van der Waals surface area contributed by atoms with Gasteiger partial charge in [-0.3, -0.25) is 9.35 Å². The van der Waals surface area contributed by atoms with Crippen molar-refractivity contribution in [3.63, 3.8) is 0 Å². The highest BCUT2D eigenvalue weighted by atomic mass is 32.2. The van der Waals surface area contributed by atoms with Crippen LogP contribution in [0.4, 0.5) is 0 Å². The number of carbonyl (C=O) groups excluding carboxylic acids is 1. The summed E-state index contributed by atoms with van der Waals surface area (Å²) in [5.74, 6) is -0.491. The van der Waals surface area contributed by atoms with Gasteiger partial charge in [-0.15, -0.1) is 0 Å². The van der Waals surface area contributed by atoms with Crippen LogP contribution in [-0.4, -0.2) is 44.9 Å². The highest BCUT2D eigenvalue weighted by Crippen LogP contribution is 1.96. The molecular formula is C6H13NO5S. The first kappa shape index (κ1) is 12.3. The van der Waals surface area contributed by atoms with Crippen molar-refractivity contribution in [3.05, 3.63) is 0 Å². The van der Waals surface area contributed by atoms with Crippen LogP contribution < -0.4 is 5.32 Å². The minimum Gasteiger partial charge on any atom is -0.385 e. The van der Waals surface area contributed by atoms with Crippen LogP contribution in [0.1, 0.15) is 6.42 Å². The molecule has 0 aromatic rings. The molecule has 0 saturated carbocycles. The molecule has 0 aromatic carbocycles. The summed E-state index contributed by atoms with van der Waals surface area (Å²) in [6.45, 7) is 0.320. The summed E-state index contributed by atoms with van der Waals surface area (Å²) in [4.78, 5) is 10.0. The Morgan fingerprint density at radius 2 is 2.23 bits per heavy atom. The smallest absolute Gasteiger partial charge is 0.266 e. The van der Waals surface area contributed by atoms with E-state index in [0.717, 1.165) is 0 Å². The number of hydrogen-bond acceptors (Lipinski definition) is 4. The van der Waals surface area contributed by atoms with Crippen LogP contribution in [-0.2, 0) is 19.6 Å². The Bertz CT molecular complexity index is 237. The van der Waals surface area contributed by atoms with E-state index in [1.165, 1.54) is 7.11 Å². The maximum Gasteiger partial charge on any atom is 0.266 e. The van der Waals surface area contributed by atoms with E-state index >= 15 is 0 Å². The molecule has 78 valence electrons. The zero-order chi connectivity index (χ0) is 10.3. The first-order chi connectivity index (χ1) is 5.99. The van der Waals surface area contributed by atoms with Gasteiger partial charge in [-0.05, 0) is 6.42 Å². The first-order valence-corrected chi connectivity index (χ1v) is 5.24. The second-order valence-corrected chi connectivity index (χ2v) is 4.01. The minimum absolute atomic E-state index is 0.320. The molecule has 0 aromatic heterocycles. The molecule has 13 heavy (non-hydrogen) atoms. The van der Waals surface area contributed by atoms with E-state index in [-0.39, 0.29) is 0 Å². The fraction of sp³-hybridized carbons (Fsp3) is 0.833. The Morgan fingerprint density at radius 3 is 2.62 bits per heavy atom. The monoisotopic (exact) mass is 211 g/mol. The molecule has 7 heteroatoms. The fourth-order valence-electron chi connectivity index (χ4n) is 0.825. The zero-order valence-corrected chi connectivity index (χ0v) is 8.08. The molecule has 0 aliphatic rings. The van der Waals surface area contributed by atoms with Crippen molar-refractivity contribution < 1.29 is 22.5 Å². The van der Waals surface area contributed by atoms with Crippen LogP contribution in [0.25, 0.3) is 0 Å². The second-order valence-electron chi connectivity index (χ2n) is 2.51. The summed E-state index contributed by atoms with van der Waals surface area (Å²) >= 11 is 0. The topological polar surface area (TPSA) is 92.7 Å². The average Bonchev–Trinajstić information content (AvgIpc) is 1.98. The summed E-state index contributed by atoms with van der Waals surface area (Å²) in [5.41, 5.74) is 0. The molecule has 1 atom stereocenters. The molecule has 2 N–H and O–H groups in total. The number of ether oxygens (including phenoxy) is 1. The lowest BCUT2D eigenvalue weighted by molar-refractivity contribution is -0.110. The number of hydrogen-bond donors (Lipinski definition) is 2. The van der Waals surface area contributed by atoms with Crippen molar-refractivity contribution in [1.82, 2.24) is 5.32 Å². The second kappa shape index (κ2) is 5.90. The molecule has 0 rings (SSSR count). The van der Waals surface area contributed by atoms with Gasteiger partial charge in [-0.2, -0.15) is 8.42 Å². The predicted octanol–water partition coefficient (Wildman–Crippen LogP) is -0.975. The van der Waals surface area contributed by atoms with Crippen molar-refractivity contribution in [3.8, 4) is 0 Å². The van der Waals surface area contributed by atoms with Crippen molar-refractivity contribution in [2.24, 2.45) is 0 Å². The van der Waals surface area contributed by atoms with Crippen LogP contribution in [0.15, 0.2) is 0 Å². The van der Waals surface area contributed by atoms with Gasteiger partial charge in [0.1, 0.15) is 0 Å². The van der Waals surface area contributed by atoms with E-state index in [0.29, 0.717) is 19.4 Å². The van der Waals surface area contributed by atoms with Crippen LogP contribution in [0.5, 0.6) is 0 Å². The number of methoxy groups -OCH3 is 1. The lowest BCUT2D eigenvalue weighted by Crippen LogP contribution is -2.35. The van der Waals surface area contributed by atoms with Gasteiger partial charge in [0.2, 0.25) is 6.41 Å². The molecule has 0 spiro atoms. The largest absolute Gasteiger partial charge is 0.385 e. The number of carbonyl (C=O) groups is 1. The van der Waals surface area contributed by atoms with Crippen molar-refractivity contribution in [1.29, 1.82) is 0 Å². The van der Waals surface area contributed by atoms with E-state index in [4.69, 9.17) is 9.29 Å². The molecule has 0 heterocycles. The minimum atomic E-state index is -4.05. The standard InChI is InChI=1S/C6H13NO5S/c1-12-3-2-6(7-5-8)4-13(9,10)11/h5-6H,2-4H2,1H3,(H,7,8)(H,9,10,11). The molecule has 6 nitrogen and oxygen atoms in total. The lowest BCUT2D eigenvalue weighted by Gasteiger charge is -2.12. The summed E-state index contributed by atoms with van der Waals surface area (Å²) in [5, 5.41) is 2.27. The van der Waals surface area contributed by atoms with Gasteiger partial charge in [0.25, 0.3) is 10.1 Å². The summed E-state index contributed by atoms with van der Waals surface area (Å²) in [6, 6.07) is -0.604. The van der Waals surface area contributed by atoms with Crippen molar-refractivity contribution >= 4 is 16.5 Å². The molecule has 0 fully saturated rings. The van der Waals surface area contributed by atoms with Crippen molar-refractivity contribution in [2.45, 2.75) is 12.5 Å². The molecule has 1 unspecified atom stereocenters. The molecule has 1 amide bonds. The number of nitrogens with one attached hydrogen (secondary N) is 1. The SMILES string of the molecule is COCCC(CS(=O)(=O)O)NC=O.